The van der Waals surface area contributed by atoms with Crippen LogP contribution in [0.5, 0.6) is 0 Å². The van der Waals surface area contributed by atoms with Crippen LogP contribution < -0.4 is 16.3 Å². The Balaban J connectivity index is 1.50. The molecule has 4 N–H and O–H groups in total. The average Bonchev–Trinajstić information content (AvgIpc) is 2.96. The van der Waals surface area contributed by atoms with E-state index in [0.29, 0.717) is 12.4 Å². The number of H-pyrrole nitrogens is 2. The highest BCUT2D eigenvalue weighted by atomic mass is 32.2. The van der Waals surface area contributed by atoms with Crippen LogP contribution in [0.1, 0.15) is 17.8 Å². The average molecular weight is 339 g/mol. The van der Waals surface area contributed by atoms with Gasteiger partial charge in [0.05, 0.1) is 6.54 Å². The highest BCUT2D eigenvalue weighted by Crippen LogP contribution is 2.13. The van der Waals surface area contributed by atoms with Crippen molar-refractivity contribution in [1.29, 1.82) is 0 Å². The molecule has 9 heteroatoms. The van der Waals surface area contributed by atoms with E-state index in [4.69, 9.17) is 0 Å². The van der Waals surface area contributed by atoms with Crippen molar-refractivity contribution in [1.82, 2.24) is 25.8 Å². The second-order valence-corrected chi connectivity index (χ2v) is 5.87. The van der Waals surface area contributed by atoms with Crippen molar-refractivity contribution >= 4 is 17.8 Å². The van der Waals surface area contributed by atoms with Crippen LogP contribution in [0.2, 0.25) is 0 Å². The summed E-state index contributed by atoms with van der Waals surface area (Å²) >= 11 is 1.73. The number of aromatic nitrogens is 3. The molecule has 0 atom stereocenters. The molecular weight excluding hydrogens is 321 g/mol. The summed E-state index contributed by atoms with van der Waals surface area (Å²) in [5.41, 5.74) is 0.676. The predicted molar refractivity (Wildman–Crippen MR) is 86.6 cm³/mol. The maximum absolute atomic E-state index is 12.7. The number of thioether (sulfide) groups is 1. The number of amides is 2. The van der Waals surface area contributed by atoms with Crippen molar-refractivity contribution in [2.75, 3.05) is 12.3 Å². The second-order valence-electron chi connectivity index (χ2n) is 4.77. The molecule has 0 aliphatic heterocycles. The zero-order valence-electron chi connectivity index (χ0n) is 12.4. The Bertz CT molecular complexity index is 670. The number of carbonyl (C=O) groups excluding carboxylic acids is 1. The molecule has 0 radical (unpaired) electrons. The fraction of sp³-hybridized carbons (Fsp3) is 0.357. The predicted octanol–water partition coefficient (Wildman–Crippen LogP) is 1.36. The molecule has 0 spiro atoms. The molecule has 124 valence electrons. The lowest BCUT2D eigenvalue weighted by atomic mass is 10.2. The lowest BCUT2D eigenvalue weighted by molar-refractivity contribution is 0.240. The van der Waals surface area contributed by atoms with E-state index < -0.39 is 5.69 Å². The highest BCUT2D eigenvalue weighted by Gasteiger charge is 2.02. The highest BCUT2D eigenvalue weighted by molar-refractivity contribution is 7.98. The molecule has 0 unspecified atom stereocenters. The van der Waals surface area contributed by atoms with Crippen molar-refractivity contribution in [3.8, 4) is 0 Å². The lowest BCUT2D eigenvalue weighted by Crippen LogP contribution is -2.36. The molecule has 0 aliphatic rings. The molecule has 7 nitrogen and oxygen atoms in total. The maximum Gasteiger partial charge on any atom is 0.340 e. The summed E-state index contributed by atoms with van der Waals surface area (Å²) in [7, 11) is 0. The first kappa shape index (κ1) is 17.1. The third kappa shape index (κ3) is 6.55. The van der Waals surface area contributed by atoms with Crippen LogP contribution >= 0.6 is 11.8 Å². The van der Waals surface area contributed by atoms with Crippen LogP contribution in [-0.2, 0) is 12.3 Å². The van der Waals surface area contributed by atoms with Gasteiger partial charge in [0, 0.05) is 12.3 Å². The van der Waals surface area contributed by atoms with Crippen LogP contribution in [-0.4, -0.2) is 33.5 Å². The monoisotopic (exact) mass is 339 g/mol. The molecule has 2 rings (SSSR count). The number of carbonyl (C=O) groups is 1. The van der Waals surface area contributed by atoms with Gasteiger partial charge < -0.3 is 10.6 Å². The third-order valence-corrected chi connectivity index (χ3v) is 4.01. The minimum absolute atomic E-state index is 0.157. The van der Waals surface area contributed by atoms with Gasteiger partial charge in [0.2, 0.25) is 0 Å². The van der Waals surface area contributed by atoms with E-state index in [1.165, 1.54) is 12.1 Å². The Morgan fingerprint density at radius 1 is 1.26 bits per heavy atom. The summed E-state index contributed by atoms with van der Waals surface area (Å²) in [6.07, 6.45) is 0.832. The van der Waals surface area contributed by atoms with Gasteiger partial charge in [-0.15, -0.1) is 0 Å². The fourth-order valence-electron chi connectivity index (χ4n) is 1.76. The summed E-state index contributed by atoms with van der Waals surface area (Å²) < 4.78 is 12.7. The first-order chi connectivity index (χ1) is 11.1. The van der Waals surface area contributed by atoms with Gasteiger partial charge in [0.25, 0.3) is 0 Å². The topological polar surface area (TPSA) is 103 Å². The van der Waals surface area contributed by atoms with Gasteiger partial charge in [0.1, 0.15) is 11.6 Å². The van der Waals surface area contributed by atoms with E-state index in [2.05, 4.69) is 25.8 Å². The molecule has 0 saturated heterocycles. The van der Waals surface area contributed by atoms with Gasteiger partial charge in [0.15, 0.2) is 0 Å². The number of halogens is 1. The minimum Gasteiger partial charge on any atom is -0.338 e. The van der Waals surface area contributed by atoms with Crippen LogP contribution in [0, 0.1) is 5.82 Å². The molecule has 23 heavy (non-hydrogen) atoms. The Morgan fingerprint density at radius 3 is 2.74 bits per heavy atom. The van der Waals surface area contributed by atoms with E-state index in [1.807, 2.05) is 0 Å². The number of nitrogens with one attached hydrogen (secondary N) is 4. The zero-order chi connectivity index (χ0) is 16.5. The van der Waals surface area contributed by atoms with Crippen molar-refractivity contribution in [2.24, 2.45) is 0 Å². The second kappa shape index (κ2) is 8.99. The molecule has 2 aromatic rings. The number of urea groups is 1. The number of hydrogen-bond donors (Lipinski definition) is 4. The van der Waals surface area contributed by atoms with E-state index in [-0.39, 0.29) is 18.4 Å². The quantitative estimate of drug-likeness (QED) is 0.545. The van der Waals surface area contributed by atoms with E-state index >= 15 is 0 Å². The van der Waals surface area contributed by atoms with E-state index in [0.717, 1.165) is 23.5 Å². The van der Waals surface area contributed by atoms with Crippen molar-refractivity contribution < 1.29 is 9.18 Å². The molecule has 2 amide bonds. The van der Waals surface area contributed by atoms with Gasteiger partial charge in [-0.1, -0.05) is 12.1 Å². The van der Waals surface area contributed by atoms with Gasteiger partial charge in [-0.2, -0.15) is 16.9 Å². The molecule has 1 aromatic heterocycles. The standard InChI is InChI=1S/C14H18FN5O2S/c15-11-4-2-10(3-5-11)9-23-7-1-6-16-13(21)17-8-12-18-14(22)20-19-12/h2-5H,1,6-9H2,(H2,16,17,21)(H2,18,19,20,22). The van der Waals surface area contributed by atoms with Gasteiger partial charge in [-0.3, -0.25) is 4.98 Å². The van der Waals surface area contributed by atoms with Crippen LogP contribution in [0.4, 0.5) is 9.18 Å². The summed E-state index contributed by atoms with van der Waals surface area (Å²) in [5, 5.41) is 11.2. The summed E-state index contributed by atoms with van der Waals surface area (Å²) in [6, 6.07) is 6.14. The van der Waals surface area contributed by atoms with Crippen LogP contribution in [0.25, 0.3) is 0 Å². The molecular formula is C14H18FN5O2S. The van der Waals surface area contributed by atoms with Crippen LogP contribution in [0.3, 0.4) is 0 Å². The SMILES string of the molecule is O=C(NCCCSCc1ccc(F)cc1)NCc1n[nH]c(=O)[nH]1. The molecule has 0 bridgehead atoms. The maximum atomic E-state index is 12.7. The van der Waals surface area contributed by atoms with E-state index in [9.17, 15) is 14.0 Å². The van der Waals surface area contributed by atoms with Crippen molar-refractivity contribution in [3.05, 3.63) is 52.0 Å². The normalized spacial score (nSPS) is 10.5. The number of benzene rings is 1. The molecule has 0 saturated carbocycles. The Kier molecular flexibility index (Phi) is 6.67. The number of hydrogen-bond acceptors (Lipinski definition) is 4. The fourth-order valence-corrected chi connectivity index (χ4v) is 2.68. The number of rotatable bonds is 8. The first-order valence-electron chi connectivity index (χ1n) is 7.11. The first-order valence-corrected chi connectivity index (χ1v) is 8.26. The van der Waals surface area contributed by atoms with Gasteiger partial charge >= 0.3 is 11.7 Å². The smallest absolute Gasteiger partial charge is 0.338 e. The zero-order valence-corrected chi connectivity index (χ0v) is 13.2. The van der Waals surface area contributed by atoms with Crippen molar-refractivity contribution in [2.45, 2.75) is 18.7 Å². The van der Waals surface area contributed by atoms with Gasteiger partial charge in [-0.25, -0.2) is 19.1 Å². The number of aromatic amines is 2. The summed E-state index contributed by atoms with van der Waals surface area (Å²) in [4.78, 5) is 24.8. The van der Waals surface area contributed by atoms with Crippen LogP contribution in [0.15, 0.2) is 29.1 Å². The molecule has 0 fully saturated rings. The minimum atomic E-state index is -0.402. The summed E-state index contributed by atoms with van der Waals surface area (Å²) in [5.74, 6) is 1.86. The Morgan fingerprint density at radius 2 is 2.04 bits per heavy atom. The Labute approximate surface area is 136 Å². The van der Waals surface area contributed by atoms with E-state index in [1.54, 1.807) is 23.9 Å². The molecule has 0 aliphatic carbocycles. The third-order valence-electron chi connectivity index (χ3n) is 2.90. The Hall–Kier alpha value is -2.29. The van der Waals surface area contributed by atoms with Crippen molar-refractivity contribution in [3.63, 3.8) is 0 Å². The van der Waals surface area contributed by atoms with Gasteiger partial charge in [-0.05, 0) is 29.9 Å². The molecule has 1 aromatic carbocycles. The lowest BCUT2D eigenvalue weighted by Gasteiger charge is -2.06. The number of nitrogens with zero attached hydrogens (tertiary/aromatic N) is 1. The molecule has 1 heterocycles. The summed E-state index contributed by atoms with van der Waals surface area (Å²) in [6.45, 7) is 0.712. The largest absolute Gasteiger partial charge is 0.340 e.